The molecule has 0 atom stereocenters. The van der Waals surface area contributed by atoms with Gasteiger partial charge in [0.25, 0.3) is 5.91 Å². The first-order chi connectivity index (χ1) is 10.5. The van der Waals surface area contributed by atoms with Crippen molar-refractivity contribution in [2.45, 2.75) is 38.0 Å². The second-order valence-corrected chi connectivity index (χ2v) is 6.63. The van der Waals surface area contributed by atoms with Gasteiger partial charge >= 0.3 is 0 Å². The van der Waals surface area contributed by atoms with Crippen molar-refractivity contribution >= 4 is 15.9 Å². The van der Waals surface area contributed by atoms with Gasteiger partial charge in [0.1, 0.15) is 5.75 Å². The number of sulfonamides is 1. The third-order valence-electron chi connectivity index (χ3n) is 2.90. The molecular formula is C15H24N2O4S. The Morgan fingerprint density at radius 3 is 2.36 bits per heavy atom. The van der Waals surface area contributed by atoms with E-state index in [-0.39, 0.29) is 17.4 Å². The normalized spacial score (nSPS) is 11.2. The van der Waals surface area contributed by atoms with Gasteiger partial charge < -0.3 is 10.1 Å². The second-order valence-electron chi connectivity index (χ2n) is 4.86. The largest absolute Gasteiger partial charge is 0.484 e. The SMILES string of the molecule is CCCCNS(=O)(=O)c1ccc(OCC(=O)NCCC)cc1. The molecule has 7 heteroatoms. The molecule has 1 aromatic rings. The number of hydrogen-bond acceptors (Lipinski definition) is 4. The van der Waals surface area contributed by atoms with Crippen LogP contribution in [-0.4, -0.2) is 34.0 Å². The van der Waals surface area contributed by atoms with Crippen LogP contribution in [0.1, 0.15) is 33.1 Å². The highest BCUT2D eigenvalue weighted by atomic mass is 32.2. The van der Waals surface area contributed by atoms with Gasteiger partial charge in [-0.25, -0.2) is 13.1 Å². The van der Waals surface area contributed by atoms with Crippen LogP contribution in [0.4, 0.5) is 0 Å². The topological polar surface area (TPSA) is 84.5 Å². The first-order valence-corrected chi connectivity index (χ1v) is 8.97. The molecule has 0 bridgehead atoms. The average molecular weight is 328 g/mol. The van der Waals surface area contributed by atoms with Crippen LogP contribution >= 0.6 is 0 Å². The zero-order chi connectivity index (χ0) is 16.4. The Bertz CT molecular complexity index is 555. The molecule has 0 aliphatic rings. The predicted octanol–water partition coefficient (Wildman–Crippen LogP) is 1.67. The van der Waals surface area contributed by atoms with Crippen LogP contribution in [0.15, 0.2) is 29.2 Å². The Hall–Kier alpha value is -1.60. The summed E-state index contributed by atoms with van der Waals surface area (Å²) >= 11 is 0. The van der Waals surface area contributed by atoms with Crippen molar-refractivity contribution in [2.24, 2.45) is 0 Å². The molecule has 0 unspecified atom stereocenters. The summed E-state index contributed by atoms with van der Waals surface area (Å²) in [6.45, 7) is 4.92. The molecule has 0 saturated heterocycles. The first kappa shape index (κ1) is 18.4. The number of carbonyl (C=O) groups is 1. The summed E-state index contributed by atoms with van der Waals surface area (Å²) in [7, 11) is -3.48. The van der Waals surface area contributed by atoms with E-state index in [0.29, 0.717) is 18.8 Å². The molecule has 0 spiro atoms. The molecule has 1 amide bonds. The lowest BCUT2D eigenvalue weighted by atomic mass is 10.3. The van der Waals surface area contributed by atoms with E-state index >= 15 is 0 Å². The summed E-state index contributed by atoms with van der Waals surface area (Å²) in [5, 5.41) is 2.70. The Labute approximate surface area is 132 Å². The predicted molar refractivity (Wildman–Crippen MR) is 85.3 cm³/mol. The number of unbranched alkanes of at least 4 members (excludes halogenated alkanes) is 1. The number of nitrogens with one attached hydrogen (secondary N) is 2. The number of amides is 1. The Balaban J connectivity index is 2.53. The minimum absolute atomic E-state index is 0.0825. The molecule has 0 heterocycles. The molecule has 6 nitrogen and oxygen atoms in total. The molecule has 0 radical (unpaired) electrons. The van der Waals surface area contributed by atoms with Gasteiger partial charge in [-0.3, -0.25) is 4.79 Å². The maximum absolute atomic E-state index is 12.0. The fourth-order valence-corrected chi connectivity index (χ4v) is 2.72. The van der Waals surface area contributed by atoms with Crippen LogP contribution in [-0.2, 0) is 14.8 Å². The summed E-state index contributed by atoms with van der Waals surface area (Å²) in [4.78, 5) is 11.6. The molecular weight excluding hydrogens is 304 g/mol. The number of benzene rings is 1. The molecule has 0 fully saturated rings. The van der Waals surface area contributed by atoms with Crippen LogP contribution in [0.5, 0.6) is 5.75 Å². The third kappa shape index (κ3) is 6.44. The van der Waals surface area contributed by atoms with Gasteiger partial charge in [0.05, 0.1) is 4.90 Å². The average Bonchev–Trinajstić information content (AvgIpc) is 2.51. The minimum atomic E-state index is -3.48. The standard InChI is InChI=1S/C15H24N2O4S/c1-3-5-11-17-22(19,20)14-8-6-13(7-9-14)21-12-15(18)16-10-4-2/h6-9,17H,3-5,10-12H2,1-2H3,(H,16,18). The van der Waals surface area contributed by atoms with Gasteiger partial charge in [0, 0.05) is 13.1 Å². The molecule has 0 aliphatic heterocycles. The van der Waals surface area contributed by atoms with Gasteiger partial charge in [-0.15, -0.1) is 0 Å². The van der Waals surface area contributed by atoms with Crippen molar-refractivity contribution in [2.75, 3.05) is 19.7 Å². The molecule has 1 aromatic carbocycles. The van der Waals surface area contributed by atoms with Gasteiger partial charge in [0.2, 0.25) is 10.0 Å². The van der Waals surface area contributed by atoms with E-state index < -0.39 is 10.0 Å². The summed E-state index contributed by atoms with van der Waals surface area (Å²) in [5.41, 5.74) is 0. The number of rotatable bonds is 10. The molecule has 0 aromatic heterocycles. The monoisotopic (exact) mass is 328 g/mol. The summed E-state index contributed by atoms with van der Waals surface area (Å²) in [5.74, 6) is 0.263. The van der Waals surface area contributed by atoms with Crippen LogP contribution in [0.25, 0.3) is 0 Å². The van der Waals surface area contributed by atoms with Crippen LogP contribution in [0.3, 0.4) is 0 Å². The molecule has 1 rings (SSSR count). The Kier molecular flexibility index (Phi) is 7.90. The fourth-order valence-electron chi connectivity index (χ4n) is 1.65. The van der Waals surface area contributed by atoms with E-state index in [0.717, 1.165) is 19.3 Å². The zero-order valence-electron chi connectivity index (χ0n) is 13.1. The van der Waals surface area contributed by atoms with E-state index in [9.17, 15) is 13.2 Å². The van der Waals surface area contributed by atoms with Crippen molar-refractivity contribution in [1.82, 2.24) is 10.0 Å². The second kappa shape index (κ2) is 9.42. The maximum Gasteiger partial charge on any atom is 0.257 e. The lowest BCUT2D eigenvalue weighted by molar-refractivity contribution is -0.123. The molecule has 0 saturated carbocycles. The lowest BCUT2D eigenvalue weighted by Gasteiger charge is -2.09. The third-order valence-corrected chi connectivity index (χ3v) is 4.38. The van der Waals surface area contributed by atoms with E-state index in [2.05, 4.69) is 10.0 Å². The molecule has 2 N–H and O–H groups in total. The van der Waals surface area contributed by atoms with Crippen molar-refractivity contribution in [1.29, 1.82) is 0 Å². The summed E-state index contributed by atoms with van der Waals surface area (Å²) in [6.07, 6.45) is 2.59. The fraction of sp³-hybridized carbons (Fsp3) is 0.533. The van der Waals surface area contributed by atoms with Crippen LogP contribution < -0.4 is 14.8 Å². The number of carbonyl (C=O) groups excluding carboxylic acids is 1. The van der Waals surface area contributed by atoms with Gasteiger partial charge in [-0.1, -0.05) is 20.3 Å². The number of hydrogen-bond donors (Lipinski definition) is 2. The molecule has 0 aliphatic carbocycles. The quantitative estimate of drug-likeness (QED) is 0.640. The van der Waals surface area contributed by atoms with Crippen molar-refractivity contribution < 1.29 is 17.9 Å². The number of ether oxygens (including phenoxy) is 1. The van der Waals surface area contributed by atoms with E-state index in [1.807, 2.05) is 13.8 Å². The van der Waals surface area contributed by atoms with E-state index in [1.165, 1.54) is 12.1 Å². The highest BCUT2D eigenvalue weighted by molar-refractivity contribution is 7.89. The smallest absolute Gasteiger partial charge is 0.257 e. The van der Waals surface area contributed by atoms with Gasteiger partial charge in [-0.2, -0.15) is 0 Å². The summed E-state index contributed by atoms with van der Waals surface area (Å²) in [6, 6.07) is 6.02. The lowest BCUT2D eigenvalue weighted by Crippen LogP contribution is -2.29. The Morgan fingerprint density at radius 2 is 1.77 bits per heavy atom. The van der Waals surface area contributed by atoms with Crippen molar-refractivity contribution in [3.05, 3.63) is 24.3 Å². The van der Waals surface area contributed by atoms with Gasteiger partial charge in [0.15, 0.2) is 6.61 Å². The Morgan fingerprint density at radius 1 is 1.09 bits per heavy atom. The molecule has 124 valence electrons. The van der Waals surface area contributed by atoms with Crippen LogP contribution in [0.2, 0.25) is 0 Å². The van der Waals surface area contributed by atoms with Crippen molar-refractivity contribution in [3.63, 3.8) is 0 Å². The maximum atomic E-state index is 12.0. The highest BCUT2D eigenvalue weighted by Gasteiger charge is 2.13. The van der Waals surface area contributed by atoms with E-state index in [4.69, 9.17) is 4.74 Å². The van der Waals surface area contributed by atoms with E-state index in [1.54, 1.807) is 12.1 Å². The van der Waals surface area contributed by atoms with Crippen LogP contribution in [0, 0.1) is 0 Å². The molecule has 22 heavy (non-hydrogen) atoms. The van der Waals surface area contributed by atoms with Gasteiger partial charge in [-0.05, 0) is 37.1 Å². The highest BCUT2D eigenvalue weighted by Crippen LogP contribution is 2.15. The first-order valence-electron chi connectivity index (χ1n) is 7.48. The minimum Gasteiger partial charge on any atom is -0.484 e. The zero-order valence-corrected chi connectivity index (χ0v) is 13.9. The summed E-state index contributed by atoms with van der Waals surface area (Å²) < 4.78 is 31.8. The van der Waals surface area contributed by atoms with Crippen molar-refractivity contribution in [3.8, 4) is 5.75 Å².